The lowest BCUT2D eigenvalue weighted by atomic mass is 9.53. The van der Waals surface area contributed by atoms with E-state index in [2.05, 4.69) is 10.6 Å². The maximum atomic E-state index is 12.9. The molecule has 0 radical (unpaired) electrons. The van der Waals surface area contributed by atoms with Gasteiger partial charge in [0.2, 0.25) is 11.8 Å². The van der Waals surface area contributed by atoms with Crippen molar-refractivity contribution in [1.29, 1.82) is 0 Å². The molecule has 1 aromatic carbocycles. The fourth-order valence-corrected chi connectivity index (χ4v) is 6.92. The van der Waals surface area contributed by atoms with Gasteiger partial charge in [-0.05, 0) is 93.4 Å². The van der Waals surface area contributed by atoms with Crippen molar-refractivity contribution in [3.63, 3.8) is 0 Å². The standard InChI is InChI=1S/C24H31N3O3/c1-15(28)27-8-2-3-21(27)23(30)25-20-6-4-19(5-7-20)22(29)26-24-12-16-9-17(13-24)11-18(10-16)14-24/h4-7,16-18,21H,2-3,8-14H2,1H3,(H,25,30)(H,26,29)/t16?,17?,18?,21-,24?/m0/s1. The molecular formula is C24H31N3O3. The summed E-state index contributed by atoms with van der Waals surface area (Å²) in [5, 5.41) is 6.29. The molecule has 2 N–H and O–H groups in total. The monoisotopic (exact) mass is 409 g/mol. The van der Waals surface area contributed by atoms with Crippen molar-refractivity contribution < 1.29 is 14.4 Å². The third kappa shape index (κ3) is 3.61. The molecule has 4 saturated carbocycles. The van der Waals surface area contributed by atoms with Gasteiger partial charge in [0, 0.05) is 30.3 Å². The van der Waals surface area contributed by atoms with Gasteiger partial charge < -0.3 is 15.5 Å². The predicted molar refractivity (Wildman–Crippen MR) is 114 cm³/mol. The molecule has 1 aromatic rings. The van der Waals surface area contributed by atoms with Crippen molar-refractivity contribution in [3.8, 4) is 0 Å². The van der Waals surface area contributed by atoms with Crippen LogP contribution < -0.4 is 10.6 Å². The number of rotatable bonds is 4. The van der Waals surface area contributed by atoms with E-state index < -0.39 is 6.04 Å². The second-order valence-corrected chi connectivity index (χ2v) is 10.1. The Bertz CT molecular complexity index is 828. The van der Waals surface area contributed by atoms with Crippen LogP contribution in [0.2, 0.25) is 0 Å². The zero-order valence-electron chi connectivity index (χ0n) is 17.7. The Balaban J connectivity index is 1.21. The summed E-state index contributed by atoms with van der Waals surface area (Å²) in [4.78, 5) is 38.9. The van der Waals surface area contributed by atoms with Crippen molar-refractivity contribution in [2.75, 3.05) is 11.9 Å². The second kappa shape index (κ2) is 7.40. The predicted octanol–water partition coefficient (Wildman–Crippen LogP) is 3.33. The van der Waals surface area contributed by atoms with Gasteiger partial charge in [0.15, 0.2) is 0 Å². The SMILES string of the molecule is CC(=O)N1CCC[C@H]1C(=O)Nc1ccc(C(=O)NC23CC4CC(CC(C4)C2)C3)cc1. The van der Waals surface area contributed by atoms with E-state index in [1.807, 2.05) is 0 Å². The number of anilines is 1. The minimum Gasteiger partial charge on any atom is -0.347 e. The molecule has 0 aromatic heterocycles. The van der Waals surface area contributed by atoms with Gasteiger partial charge in [-0.1, -0.05) is 0 Å². The zero-order valence-corrected chi connectivity index (χ0v) is 17.7. The van der Waals surface area contributed by atoms with Crippen LogP contribution in [0.25, 0.3) is 0 Å². The van der Waals surface area contributed by atoms with E-state index in [-0.39, 0.29) is 23.3 Å². The lowest BCUT2D eigenvalue weighted by Crippen LogP contribution is -2.59. The van der Waals surface area contributed by atoms with Crippen LogP contribution in [0.3, 0.4) is 0 Å². The lowest BCUT2D eigenvalue weighted by molar-refractivity contribution is -0.134. The molecule has 6 nitrogen and oxygen atoms in total. The Morgan fingerprint density at radius 2 is 1.57 bits per heavy atom. The smallest absolute Gasteiger partial charge is 0.251 e. The summed E-state index contributed by atoms with van der Waals surface area (Å²) in [5.41, 5.74) is 1.29. The molecule has 4 aliphatic carbocycles. The number of hydrogen-bond acceptors (Lipinski definition) is 3. The molecule has 6 rings (SSSR count). The van der Waals surface area contributed by atoms with Gasteiger partial charge in [-0.2, -0.15) is 0 Å². The van der Waals surface area contributed by atoms with Gasteiger partial charge in [0.1, 0.15) is 6.04 Å². The quantitative estimate of drug-likeness (QED) is 0.801. The molecule has 4 bridgehead atoms. The van der Waals surface area contributed by atoms with Crippen LogP contribution in [0.5, 0.6) is 0 Å². The molecule has 6 heteroatoms. The number of benzene rings is 1. The number of nitrogens with one attached hydrogen (secondary N) is 2. The van der Waals surface area contributed by atoms with Crippen LogP contribution in [0.15, 0.2) is 24.3 Å². The van der Waals surface area contributed by atoms with Crippen LogP contribution in [0.4, 0.5) is 5.69 Å². The highest BCUT2D eigenvalue weighted by Crippen LogP contribution is 2.55. The zero-order chi connectivity index (χ0) is 20.9. The first kappa shape index (κ1) is 19.6. The Morgan fingerprint density at radius 1 is 0.967 bits per heavy atom. The summed E-state index contributed by atoms with van der Waals surface area (Å²) >= 11 is 0. The maximum absolute atomic E-state index is 12.9. The van der Waals surface area contributed by atoms with Gasteiger partial charge in [-0.25, -0.2) is 0 Å². The summed E-state index contributed by atoms with van der Waals surface area (Å²) in [6.07, 6.45) is 8.99. The largest absolute Gasteiger partial charge is 0.347 e. The van der Waals surface area contributed by atoms with Crippen molar-refractivity contribution in [2.24, 2.45) is 17.8 Å². The van der Waals surface area contributed by atoms with Crippen LogP contribution in [0, 0.1) is 17.8 Å². The van der Waals surface area contributed by atoms with Crippen LogP contribution in [-0.2, 0) is 9.59 Å². The number of likely N-dealkylation sites (tertiary alicyclic amines) is 1. The van der Waals surface area contributed by atoms with E-state index in [0.717, 1.165) is 43.4 Å². The molecule has 3 amide bonds. The lowest BCUT2D eigenvalue weighted by Gasteiger charge is -2.56. The third-order valence-corrected chi connectivity index (χ3v) is 7.79. The second-order valence-electron chi connectivity index (χ2n) is 10.1. The molecule has 5 fully saturated rings. The highest BCUT2D eigenvalue weighted by molar-refractivity contribution is 5.98. The van der Waals surface area contributed by atoms with E-state index in [0.29, 0.717) is 24.2 Å². The highest BCUT2D eigenvalue weighted by Gasteiger charge is 2.51. The average Bonchev–Trinajstić information content (AvgIpc) is 3.17. The highest BCUT2D eigenvalue weighted by atomic mass is 16.2. The molecule has 5 aliphatic rings. The third-order valence-electron chi connectivity index (χ3n) is 7.79. The van der Waals surface area contributed by atoms with Gasteiger partial charge in [0.05, 0.1) is 0 Å². The van der Waals surface area contributed by atoms with E-state index in [1.54, 1.807) is 29.2 Å². The molecule has 0 spiro atoms. The summed E-state index contributed by atoms with van der Waals surface area (Å²) in [6.45, 7) is 2.14. The van der Waals surface area contributed by atoms with Crippen molar-refractivity contribution >= 4 is 23.4 Å². The summed E-state index contributed by atoms with van der Waals surface area (Å²) in [5.74, 6) is 2.14. The van der Waals surface area contributed by atoms with E-state index in [4.69, 9.17) is 0 Å². The van der Waals surface area contributed by atoms with Crippen molar-refractivity contribution in [3.05, 3.63) is 29.8 Å². The van der Waals surface area contributed by atoms with Gasteiger partial charge >= 0.3 is 0 Å². The van der Waals surface area contributed by atoms with Crippen LogP contribution in [0.1, 0.15) is 68.6 Å². The fraction of sp³-hybridized carbons (Fsp3) is 0.625. The number of carbonyl (C=O) groups excluding carboxylic acids is 3. The molecule has 1 saturated heterocycles. The van der Waals surface area contributed by atoms with E-state index >= 15 is 0 Å². The fourth-order valence-electron chi connectivity index (χ4n) is 6.92. The Kier molecular flexibility index (Phi) is 4.83. The van der Waals surface area contributed by atoms with Gasteiger partial charge in [-0.3, -0.25) is 14.4 Å². The maximum Gasteiger partial charge on any atom is 0.251 e. The normalized spacial score (nSPS) is 34.1. The van der Waals surface area contributed by atoms with Crippen LogP contribution >= 0.6 is 0 Å². The number of amides is 3. The Labute approximate surface area is 177 Å². The first-order valence-electron chi connectivity index (χ1n) is 11.4. The van der Waals surface area contributed by atoms with Crippen molar-refractivity contribution in [2.45, 2.75) is 69.9 Å². The molecule has 30 heavy (non-hydrogen) atoms. The van der Waals surface area contributed by atoms with Crippen LogP contribution in [-0.4, -0.2) is 40.7 Å². The molecule has 1 aliphatic heterocycles. The minimum absolute atomic E-state index is 0.00264. The molecule has 0 unspecified atom stereocenters. The first-order chi connectivity index (χ1) is 14.4. The van der Waals surface area contributed by atoms with Gasteiger partial charge in [0.25, 0.3) is 5.91 Å². The molecular weight excluding hydrogens is 378 g/mol. The van der Waals surface area contributed by atoms with Crippen molar-refractivity contribution in [1.82, 2.24) is 10.2 Å². The Morgan fingerprint density at radius 3 is 2.13 bits per heavy atom. The van der Waals surface area contributed by atoms with Gasteiger partial charge in [-0.15, -0.1) is 0 Å². The minimum atomic E-state index is -0.401. The first-order valence-corrected chi connectivity index (χ1v) is 11.4. The molecule has 160 valence electrons. The van der Waals surface area contributed by atoms with E-state index in [1.165, 1.54) is 26.2 Å². The summed E-state index contributed by atoms with van der Waals surface area (Å²) in [6, 6.07) is 6.71. The average molecular weight is 410 g/mol. The number of carbonyl (C=O) groups is 3. The molecule has 1 heterocycles. The summed E-state index contributed by atoms with van der Waals surface area (Å²) < 4.78 is 0. The topological polar surface area (TPSA) is 78.5 Å². The number of nitrogens with zero attached hydrogens (tertiary/aromatic N) is 1. The molecule has 1 atom stereocenters. The van der Waals surface area contributed by atoms with E-state index in [9.17, 15) is 14.4 Å². The Hall–Kier alpha value is -2.37. The summed E-state index contributed by atoms with van der Waals surface area (Å²) in [7, 11) is 0. The number of hydrogen-bond donors (Lipinski definition) is 2.